The molecular formula is C9H11N3O. The van der Waals surface area contributed by atoms with E-state index in [0.29, 0.717) is 24.7 Å². The van der Waals surface area contributed by atoms with Crippen LogP contribution in [0.2, 0.25) is 0 Å². The molecule has 0 bridgehead atoms. The normalized spacial score (nSPS) is 8.92. The second-order valence-electron chi connectivity index (χ2n) is 2.31. The monoisotopic (exact) mass is 177 g/mol. The van der Waals surface area contributed by atoms with Gasteiger partial charge in [0.25, 0.3) is 0 Å². The van der Waals surface area contributed by atoms with Gasteiger partial charge in [-0.05, 0) is 6.07 Å². The minimum atomic E-state index is 0.470. The zero-order chi connectivity index (χ0) is 9.52. The minimum absolute atomic E-state index is 0.470. The summed E-state index contributed by atoms with van der Waals surface area (Å²) in [5, 5.41) is 0. The van der Waals surface area contributed by atoms with Crippen LogP contribution in [0.5, 0.6) is 5.88 Å². The summed E-state index contributed by atoms with van der Waals surface area (Å²) >= 11 is 0. The van der Waals surface area contributed by atoms with Gasteiger partial charge in [0.1, 0.15) is 12.4 Å². The first-order valence-electron chi connectivity index (χ1n) is 3.86. The Kier molecular flexibility index (Phi) is 3.61. The molecule has 0 radical (unpaired) electrons. The molecule has 1 aromatic rings. The maximum atomic E-state index is 5.24. The third kappa shape index (κ3) is 3.01. The van der Waals surface area contributed by atoms with Gasteiger partial charge in [0.2, 0.25) is 5.88 Å². The van der Waals surface area contributed by atoms with Crippen LogP contribution in [-0.4, -0.2) is 11.6 Å². The summed E-state index contributed by atoms with van der Waals surface area (Å²) in [6.45, 7) is 0.470. The Bertz CT molecular complexity index is 306. The summed E-state index contributed by atoms with van der Waals surface area (Å²) in [5.74, 6) is 8.73. The molecule has 0 atom stereocenters. The van der Waals surface area contributed by atoms with Gasteiger partial charge in [0.15, 0.2) is 0 Å². The Hall–Kier alpha value is -1.73. The number of pyridine rings is 1. The average Bonchev–Trinajstić information content (AvgIpc) is 2.19. The molecule has 1 aromatic heterocycles. The highest BCUT2D eigenvalue weighted by Gasteiger charge is 1.95. The molecule has 0 spiro atoms. The highest BCUT2D eigenvalue weighted by atomic mass is 16.5. The fraction of sp³-hybridized carbons (Fsp3) is 0.222. The molecule has 0 aliphatic carbocycles. The summed E-state index contributed by atoms with van der Waals surface area (Å²) in [4.78, 5) is 4.04. The summed E-state index contributed by atoms with van der Waals surface area (Å²) in [6.07, 6.45) is 5.64. The van der Waals surface area contributed by atoms with Crippen molar-refractivity contribution >= 4 is 5.82 Å². The second kappa shape index (κ2) is 5.01. The molecule has 13 heavy (non-hydrogen) atoms. The summed E-state index contributed by atoms with van der Waals surface area (Å²) in [6, 6.07) is 5.29. The van der Waals surface area contributed by atoms with Crippen LogP contribution in [0.4, 0.5) is 5.82 Å². The fourth-order valence-electron chi connectivity index (χ4n) is 0.790. The van der Waals surface area contributed by atoms with Crippen LogP contribution in [-0.2, 0) is 0 Å². The van der Waals surface area contributed by atoms with Crippen molar-refractivity contribution in [2.24, 2.45) is 5.84 Å². The molecule has 1 rings (SSSR count). The zero-order valence-corrected chi connectivity index (χ0v) is 7.16. The van der Waals surface area contributed by atoms with Crippen LogP contribution in [0.1, 0.15) is 6.42 Å². The van der Waals surface area contributed by atoms with E-state index in [1.807, 2.05) is 0 Å². The van der Waals surface area contributed by atoms with Gasteiger partial charge in [-0.1, -0.05) is 6.07 Å². The minimum Gasteiger partial charge on any atom is -0.477 e. The van der Waals surface area contributed by atoms with Crippen LogP contribution in [0.3, 0.4) is 0 Å². The van der Waals surface area contributed by atoms with Gasteiger partial charge in [-0.25, -0.2) is 5.84 Å². The molecule has 0 aliphatic rings. The Labute approximate surface area is 77.1 Å². The largest absolute Gasteiger partial charge is 0.477 e. The topological polar surface area (TPSA) is 60.2 Å². The molecule has 68 valence electrons. The van der Waals surface area contributed by atoms with E-state index in [-0.39, 0.29) is 0 Å². The molecule has 0 unspecified atom stereocenters. The molecule has 0 saturated carbocycles. The summed E-state index contributed by atoms with van der Waals surface area (Å²) in [5.41, 5.74) is 2.43. The number of nitrogens with two attached hydrogens (primary N) is 1. The predicted octanol–water partition coefficient (Wildman–Crippen LogP) is 0.769. The number of nitrogen functional groups attached to an aromatic ring is 1. The molecule has 4 nitrogen and oxygen atoms in total. The first-order valence-corrected chi connectivity index (χ1v) is 3.86. The van der Waals surface area contributed by atoms with Gasteiger partial charge >= 0.3 is 0 Å². The SMILES string of the molecule is C#CCCOc1cccc(NN)n1. The number of aromatic nitrogens is 1. The van der Waals surface area contributed by atoms with Crippen LogP contribution in [0.25, 0.3) is 0 Å². The van der Waals surface area contributed by atoms with E-state index in [1.165, 1.54) is 0 Å². The van der Waals surface area contributed by atoms with E-state index in [9.17, 15) is 0 Å². The number of anilines is 1. The lowest BCUT2D eigenvalue weighted by Crippen LogP contribution is -2.09. The standard InChI is InChI=1S/C9H11N3O/c1-2-3-7-13-9-6-4-5-8(11-9)12-10/h1,4-6H,3,7,10H2,(H,11,12). The number of hydrogen-bond donors (Lipinski definition) is 2. The molecule has 0 aliphatic heterocycles. The van der Waals surface area contributed by atoms with E-state index < -0.39 is 0 Å². The Morgan fingerprint density at radius 2 is 2.46 bits per heavy atom. The maximum absolute atomic E-state index is 5.24. The third-order valence-corrected chi connectivity index (χ3v) is 1.37. The highest BCUT2D eigenvalue weighted by Crippen LogP contribution is 2.09. The van der Waals surface area contributed by atoms with E-state index in [4.69, 9.17) is 17.0 Å². The van der Waals surface area contributed by atoms with E-state index in [2.05, 4.69) is 16.3 Å². The van der Waals surface area contributed by atoms with Crippen molar-refractivity contribution in [3.8, 4) is 18.2 Å². The van der Waals surface area contributed by atoms with Crippen LogP contribution < -0.4 is 16.0 Å². The first-order chi connectivity index (χ1) is 6.36. The number of nitrogens with one attached hydrogen (secondary N) is 1. The van der Waals surface area contributed by atoms with Gasteiger partial charge in [0, 0.05) is 12.5 Å². The molecule has 0 fully saturated rings. The molecule has 0 amide bonds. The Balaban J connectivity index is 2.52. The summed E-state index contributed by atoms with van der Waals surface area (Å²) < 4.78 is 5.24. The van der Waals surface area contributed by atoms with Crippen molar-refractivity contribution in [3.63, 3.8) is 0 Å². The fourth-order valence-corrected chi connectivity index (χ4v) is 0.790. The molecule has 0 aromatic carbocycles. The van der Waals surface area contributed by atoms with Gasteiger partial charge < -0.3 is 10.2 Å². The van der Waals surface area contributed by atoms with Gasteiger partial charge in [-0.3, -0.25) is 0 Å². The number of hydrazine groups is 1. The predicted molar refractivity (Wildman–Crippen MR) is 51.0 cm³/mol. The smallest absolute Gasteiger partial charge is 0.215 e. The maximum Gasteiger partial charge on any atom is 0.215 e. The third-order valence-electron chi connectivity index (χ3n) is 1.37. The lowest BCUT2D eigenvalue weighted by atomic mass is 10.4. The number of nitrogens with zero attached hydrogens (tertiary/aromatic N) is 1. The van der Waals surface area contributed by atoms with Crippen LogP contribution in [0, 0.1) is 12.3 Å². The summed E-state index contributed by atoms with van der Waals surface area (Å²) in [7, 11) is 0. The number of hydrogen-bond acceptors (Lipinski definition) is 4. The van der Waals surface area contributed by atoms with E-state index in [0.717, 1.165) is 0 Å². The highest BCUT2D eigenvalue weighted by molar-refractivity contribution is 5.35. The van der Waals surface area contributed by atoms with Gasteiger partial charge in [-0.15, -0.1) is 12.3 Å². The number of terminal acetylenes is 1. The second-order valence-corrected chi connectivity index (χ2v) is 2.31. The number of rotatable bonds is 4. The van der Waals surface area contributed by atoms with Crippen molar-refractivity contribution in [1.29, 1.82) is 0 Å². The van der Waals surface area contributed by atoms with Crippen molar-refractivity contribution in [3.05, 3.63) is 18.2 Å². The average molecular weight is 177 g/mol. The Morgan fingerprint density at radius 3 is 3.15 bits per heavy atom. The molecule has 0 saturated heterocycles. The van der Waals surface area contributed by atoms with E-state index in [1.54, 1.807) is 18.2 Å². The first kappa shape index (κ1) is 9.36. The lowest BCUT2D eigenvalue weighted by molar-refractivity contribution is 0.315. The van der Waals surface area contributed by atoms with Crippen molar-refractivity contribution < 1.29 is 4.74 Å². The lowest BCUT2D eigenvalue weighted by Gasteiger charge is -2.04. The zero-order valence-electron chi connectivity index (χ0n) is 7.16. The Morgan fingerprint density at radius 1 is 1.62 bits per heavy atom. The number of ether oxygens (including phenoxy) is 1. The van der Waals surface area contributed by atoms with Crippen molar-refractivity contribution in [1.82, 2.24) is 4.98 Å². The molecule has 4 heteroatoms. The quantitative estimate of drug-likeness (QED) is 0.308. The van der Waals surface area contributed by atoms with Crippen molar-refractivity contribution in [2.45, 2.75) is 6.42 Å². The molecular weight excluding hydrogens is 166 g/mol. The van der Waals surface area contributed by atoms with Crippen LogP contribution in [0.15, 0.2) is 18.2 Å². The van der Waals surface area contributed by atoms with Gasteiger partial charge in [0.05, 0.1) is 0 Å². The molecule has 3 N–H and O–H groups in total. The van der Waals surface area contributed by atoms with Crippen molar-refractivity contribution in [2.75, 3.05) is 12.0 Å². The van der Waals surface area contributed by atoms with Gasteiger partial charge in [-0.2, -0.15) is 4.98 Å². The van der Waals surface area contributed by atoms with Crippen LogP contribution >= 0.6 is 0 Å². The molecule has 1 heterocycles. The van der Waals surface area contributed by atoms with E-state index >= 15 is 0 Å².